The number of nitrogens with one attached hydrogen (secondary N) is 1. The Kier molecular flexibility index (Phi) is 2.61. The monoisotopic (exact) mass is 291 g/mol. The molecule has 0 amide bonds. The summed E-state index contributed by atoms with van der Waals surface area (Å²) in [7, 11) is 0. The molecule has 0 aliphatic carbocycles. The first-order valence-electron chi connectivity index (χ1n) is 6.55. The third-order valence-corrected chi connectivity index (χ3v) is 3.77. The van der Waals surface area contributed by atoms with E-state index in [4.69, 9.17) is 9.84 Å². The molecule has 1 saturated heterocycles. The van der Waals surface area contributed by atoms with Gasteiger partial charge in [0, 0.05) is 18.8 Å². The number of aliphatic hydroxyl groups is 2. The number of aromatic amines is 1. The van der Waals surface area contributed by atoms with E-state index in [9.17, 15) is 9.90 Å². The van der Waals surface area contributed by atoms with Crippen LogP contribution in [0.15, 0.2) is 23.5 Å². The highest BCUT2D eigenvalue weighted by Crippen LogP contribution is 2.30. The lowest BCUT2D eigenvalue weighted by molar-refractivity contribution is -0.0432. The number of aliphatic hydroxyl groups excluding tert-OH is 2. The second-order valence-electron chi connectivity index (χ2n) is 5.01. The molecular weight excluding hydrogens is 278 g/mol. The summed E-state index contributed by atoms with van der Waals surface area (Å²) in [6.07, 6.45) is 3.22. The van der Waals surface area contributed by atoms with Crippen molar-refractivity contribution >= 4 is 16.9 Å². The number of hydrogen-bond acceptors (Lipinski definition) is 6. The summed E-state index contributed by atoms with van der Waals surface area (Å²) in [6, 6.07) is 0. The highest BCUT2D eigenvalue weighted by atomic mass is 16.5. The van der Waals surface area contributed by atoms with Crippen molar-refractivity contribution in [3.8, 4) is 0 Å². The van der Waals surface area contributed by atoms with Gasteiger partial charge in [-0.3, -0.25) is 18.7 Å². The first-order chi connectivity index (χ1) is 10.2. The molecule has 9 heteroatoms. The molecule has 3 atom stereocenters. The van der Waals surface area contributed by atoms with Crippen LogP contribution >= 0.6 is 0 Å². The minimum Gasteiger partial charge on any atom is -0.394 e. The van der Waals surface area contributed by atoms with Crippen molar-refractivity contribution in [1.29, 1.82) is 0 Å². The van der Waals surface area contributed by atoms with Crippen molar-refractivity contribution in [1.82, 2.24) is 23.9 Å². The zero-order valence-corrected chi connectivity index (χ0v) is 10.9. The normalized spacial score (nSPS) is 26.1. The Labute approximate surface area is 117 Å². The van der Waals surface area contributed by atoms with Crippen LogP contribution in [0.1, 0.15) is 12.6 Å². The van der Waals surface area contributed by atoms with E-state index in [1.54, 1.807) is 21.4 Å². The molecule has 0 radical (unpaired) electrons. The Morgan fingerprint density at radius 1 is 1.48 bits per heavy atom. The van der Waals surface area contributed by atoms with Crippen molar-refractivity contribution in [2.45, 2.75) is 24.9 Å². The lowest BCUT2D eigenvalue weighted by atomic mass is 10.2. The zero-order valence-electron chi connectivity index (χ0n) is 10.9. The highest BCUT2D eigenvalue weighted by molar-refractivity contribution is 5.72. The van der Waals surface area contributed by atoms with E-state index in [0.29, 0.717) is 17.8 Å². The standard InChI is InChI=1S/C12H13N5O4/c18-4-7-6(19)3-8(21-7)17-5-14-9-10(20)15-12-13-1-2-16(12)11(9)17/h1-2,5-8,18-19H,3-4H2,(H,13,15,20)/t6-,7+,8-/m0/s1. The number of rotatable bonds is 2. The summed E-state index contributed by atoms with van der Waals surface area (Å²) < 4.78 is 9.00. The fraction of sp³-hybridized carbons (Fsp3) is 0.417. The predicted octanol–water partition coefficient (Wildman–Crippen LogP) is -0.987. The summed E-state index contributed by atoms with van der Waals surface area (Å²) >= 11 is 0. The average Bonchev–Trinajstić information content (AvgIpc) is 3.14. The third-order valence-electron chi connectivity index (χ3n) is 3.77. The number of aromatic nitrogens is 5. The fourth-order valence-electron chi connectivity index (χ4n) is 2.74. The second kappa shape index (κ2) is 4.38. The molecule has 0 spiro atoms. The molecule has 3 aromatic rings. The van der Waals surface area contributed by atoms with Gasteiger partial charge in [0.25, 0.3) is 5.56 Å². The smallest absolute Gasteiger partial charge is 0.280 e. The maximum atomic E-state index is 12.0. The number of imidazole rings is 2. The van der Waals surface area contributed by atoms with Gasteiger partial charge in [-0.2, -0.15) is 0 Å². The molecule has 9 nitrogen and oxygen atoms in total. The number of nitrogens with zero attached hydrogens (tertiary/aromatic N) is 4. The Hall–Kier alpha value is -2.23. The van der Waals surface area contributed by atoms with Crippen LogP contribution in [0.2, 0.25) is 0 Å². The van der Waals surface area contributed by atoms with Gasteiger partial charge in [0.2, 0.25) is 5.78 Å². The van der Waals surface area contributed by atoms with Crippen LogP contribution in [0, 0.1) is 0 Å². The van der Waals surface area contributed by atoms with Crippen molar-refractivity contribution in [2.24, 2.45) is 0 Å². The number of hydrogen-bond donors (Lipinski definition) is 3. The quantitative estimate of drug-likeness (QED) is 0.558. The van der Waals surface area contributed by atoms with Crippen LogP contribution in [0.3, 0.4) is 0 Å². The van der Waals surface area contributed by atoms with Gasteiger partial charge < -0.3 is 14.9 Å². The van der Waals surface area contributed by atoms with Crippen LogP contribution in [0.4, 0.5) is 0 Å². The summed E-state index contributed by atoms with van der Waals surface area (Å²) in [5.41, 5.74) is 0.479. The van der Waals surface area contributed by atoms with Gasteiger partial charge in [-0.1, -0.05) is 0 Å². The van der Waals surface area contributed by atoms with Crippen LogP contribution in [0.25, 0.3) is 16.9 Å². The van der Waals surface area contributed by atoms with Crippen LogP contribution in [0.5, 0.6) is 0 Å². The predicted molar refractivity (Wildman–Crippen MR) is 70.7 cm³/mol. The van der Waals surface area contributed by atoms with Crippen LogP contribution < -0.4 is 5.56 Å². The van der Waals surface area contributed by atoms with Gasteiger partial charge in [0.05, 0.1) is 19.0 Å². The van der Waals surface area contributed by atoms with Crippen LogP contribution in [-0.2, 0) is 4.74 Å². The van der Waals surface area contributed by atoms with Crippen LogP contribution in [-0.4, -0.2) is 52.9 Å². The van der Waals surface area contributed by atoms with Crippen molar-refractivity contribution in [3.05, 3.63) is 29.1 Å². The summed E-state index contributed by atoms with van der Waals surface area (Å²) in [6.45, 7) is -0.259. The Morgan fingerprint density at radius 3 is 3.10 bits per heavy atom. The van der Waals surface area contributed by atoms with E-state index in [-0.39, 0.29) is 17.7 Å². The van der Waals surface area contributed by atoms with E-state index < -0.39 is 18.4 Å². The van der Waals surface area contributed by atoms with E-state index in [0.717, 1.165) is 0 Å². The molecule has 1 aliphatic rings. The highest BCUT2D eigenvalue weighted by Gasteiger charge is 2.35. The van der Waals surface area contributed by atoms with Gasteiger partial charge in [-0.15, -0.1) is 0 Å². The molecule has 1 aliphatic heterocycles. The molecule has 3 aromatic heterocycles. The zero-order chi connectivity index (χ0) is 14.6. The minimum absolute atomic E-state index is 0.259. The maximum Gasteiger partial charge on any atom is 0.280 e. The number of fused-ring (bicyclic) bond motifs is 3. The van der Waals surface area contributed by atoms with Gasteiger partial charge in [0.1, 0.15) is 12.3 Å². The summed E-state index contributed by atoms with van der Waals surface area (Å²) in [4.78, 5) is 22.8. The molecule has 110 valence electrons. The average molecular weight is 291 g/mol. The third kappa shape index (κ3) is 1.71. The van der Waals surface area contributed by atoms with Crippen molar-refractivity contribution in [2.75, 3.05) is 6.61 Å². The van der Waals surface area contributed by atoms with E-state index in [1.807, 2.05) is 0 Å². The van der Waals surface area contributed by atoms with Crippen molar-refractivity contribution < 1.29 is 14.9 Å². The Bertz CT molecular complexity index is 865. The van der Waals surface area contributed by atoms with E-state index in [1.165, 1.54) is 6.33 Å². The van der Waals surface area contributed by atoms with Gasteiger partial charge in [-0.05, 0) is 0 Å². The molecule has 0 aromatic carbocycles. The minimum atomic E-state index is -0.752. The molecule has 1 fully saturated rings. The molecule has 0 bridgehead atoms. The number of H-pyrrole nitrogens is 1. The van der Waals surface area contributed by atoms with E-state index in [2.05, 4.69) is 15.0 Å². The lowest BCUT2D eigenvalue weighted by Crippen LogP contribution is -2.24. The largest absolute Gasteiger partial charge is 0.394 e. The SMILES string of the molecule is O=c1[nH]c2nccn2c2c1ncn2[C@@H]1C[C@H](O)[C@@H](CO)O1. The molecule has 21 heavy (non-hydrogen) atoms. The molecule has 3 N–H and O–H groups in total. The van der Waals surface area contributed by atoms with Gasteiger partial charge >= 0.3 is 0 Å². The van der Waals surface area contributed by atoms with Gasteiger partial charge in [0.15, 0.2) is 11.2 Å². The van der Waals surface area contributed by atoms with E-state index >= 15 is 0 Å². The topological polar surface area (TPSA) is 118 Å². The first-order valence-corrected chi connectivity index (χ1v) is 6.55. The van der Waals surface area contributed by atoms with Gasteiger partial charge in [-0.25, -0.2) is 9.97 Å². The van der Waals surface area contributed by atoms with Crippen molar-refractivity contribution in [3.63, 3.8) is 0 Å². The molecule has 4 heterocycles. The number of ether oxygens (including phenoxy) is 1. The summed E-state index contributed by atoms with van der Waals surface area (Å²) in [5.74, 6) is 0.409. The molecule has 0 unspecified atom stereocenters. The second-order valence-corrected chi connectivity index (χ2v) is 5.01. The maximum absolute atomic E-state index is 12.0. The summed E-state index contributed by atoms with van der Waals surface area (Å²) in [5, 5.41) is 19.0. The molecular formula is C12H13N5O4. The molecule has 0 saturated carbocycles. The molecule has 4 rings (SSSR count). The Morgan fingerprint density at radius 2 is 2.33 bits per heavy atom. The first kappa shape index (κ1) is 12.5. The fourth-order valence-corrected chi connectivity index (χ4v) is 2.74. The Balaban J connectivity index is 1.92. The lowest BCUT2D eigenvalue weighted by Gasteiger charge is -2.14.